The molecule has 4 heteroatoms. The van der Waals surface area contributed by atoms with E-state index in [4.69, 9.17) is 4.74 Å². The molecule has 0 radical (unpaired) electrons. The minimum absolute atomic E-state index is 0.251. The Morgan fingerprint density at radius 1 is 1.37 bits per heavy atom. The van der Waals surface area contributed by atoms with E-state index >= 15 is 0 Å². The van der Waals surface area contributed by atoms with E-state index in [9.17, 15) is 10.2 Å². The van der Waals surface area contributed by atoms with E-state index in [1.807, 2.05) is 31.2 Å². The predicted molar refractivity (Wildman–Crippen MR) is 74.4 cm³/mol. The van der Waals surface area contributed by atoms with Crippen LogP contribution in [0.3, 0.4) is 0 Å². The van der Waals surface area contributed by atoms with Gasteiger partial charge in [-0.25, -0.2) is 0 Å². The molecule has 2 atom stereocenters. The van der Waals surface area contributed by atoms with Crippen LogP contribution >= 0.6 is 0 Å². The van der Waals surface area contributed by atoms with Crippen molar-refractivity contribution >= 4 is 0 Å². The molecule has 1 aliphatic rings. The number of nitrogens with zero attached hydrogens (tertiary/aromatic N) is 1. The molecule has 0 amide bonds. The van der Waals surface area contributed by atoms with E-state index in [0.717, 1.165) is 25.1 Å². The van der Waals surface area contributed by atoms with Crippen LogP contribution < -0.4 is 4.74 Å². The third-order valence-corrected chi connectivity index (χ3v) is 3.41. The van der Waals surface area contributed by atoms with E-state index in [-0.39, 0.29) is 12.7 Å². The standard InChI is InChI=1S/C15H23NO3/c1-12-4-6-15(7-5-12)19-11-14(18)10-16-8-2-3-13(17)9-16/h4-7,13-14,17-18H,2-3,8-11H2,1H3/t13-,14+/m1/s1. The van der Waals surface area contributed by atoms with Crippen LogP contribution in [0.4, 0.5) is 0 Å². The second kappa shape index (κ2) is 6.89. The predicted octanol–water partition coefficient (Wildman–Crippen LogP) is 1.19. The molecule has 1 heterocycles. The van der Waals surface area contributed by atoms with Crippen molar-refractivity contribution in [2.75, 3.05) is 26.2 Å². The molecule has 1 saturated heterocycles. The number of β-amino-alcohol motifs (C(OH)–C–C–N with tert-alkyl or cyclic N) is 2. The number of aryl methyl sites for hydroxylation is 1. The fraction of sp³-hybridized carbons (Fsp3) is 0.600. The Kier molecular flexibility index (Phi) is 5.19. The molecule has 19 heavy (non-hydrogen) atoms. The SMILES string of the molecule is Cc1ccc(OC[C@@H](O)CN2CCC[C@@H](O)C2)cc1. The summed E-state index contributed by atoms with van der Waals surface area (Å²) in [5.74, 6) is 0.781. The summed E-state index contributed by atoms with van der Waals surface area (Å²) in [4.78, 5) is 2.09. The molecule has 2 rings (SSSR count). The van der Waals surface area contributed by atoms with E-state index in [1.165, 1.54) is 5.56 Å². The summed E-state index contributed by atoms with van der Waals surface area (Å²) in [5.41, 5.74) is 1.19. The van der Waals surface area contributed by atoms with Gasteiger partial charge in [0.15, 0.2) is 0 Å². The number of aliphatic hydroxyl groups excluding tert-OH is 2. The molecular formula is C15H23NO3. The molecule has 0 bridgehead atoms. The van der Waals surface area contributed by atoms with Crippen molar-refractivity contribution in [2.24, 2.45) is 0 Å². The van der Waals surface area contributed by atoms with Crippen molar-refractivity contribution in [2.45, 2.75) is 32.0 Å². The van der Waals surface area contributed by atoms with Gasteiger partial charge in [0.2, 0.25) is 0 Å². The van der Waals surface area contributed by atoms with Gasteiger partial charge < -0.3 is 14.9 Å². The Balaban J connectivity index is 1.72. The number of hydrogen-bond acceptors (Lipinski definition) is 4. The van der Waals surface area contributed by atoms with Crippen LogP contribution in [0.25, 0.3) is 0 Å². The van der Waals surface area contributed by atoms with Crippen molar-refractivity contribution in [3.63, 3.8) is 0 Å². The minimum atomic E-state index is -0.522. The van der Waals surface area contributed by atoms with Crippen LogP contribution in [-0.2, 0) is 0 Å². The summed E-state index contributed by atoms with van der Waals surface area (Å²) in [6.07, 6.45) is 1.09. The first-order valence-electron chi connectivity index (χ1n) is 6.91. The first-order valence-corrected chi connectivity index (χ1v) is 6.91. The lowest BCUT2D eigenvalue weighted by molar-refractivity contribution is 0.0243. The molecule has 0 aliphatic carbocycles. The summed E-state index contributed by atoms with van der Waals surface area (Å²) >= 11 is 0. The van der Waals surface area contributed by atoms with Crippen LogP contribution in [-0.4, -0.2) is 53.6 Å². The van der Waals surface area contributed by atoms with Gasteiger partial charge in [0.25, 0.3) is 0 Å². The van der Waals surface area contributed by atoms with Gasteiger partial charge in [-0.15, -0.1) is 0 Å². The highest BCUT2D eigenvalue weighted by Gasteiger charge is 2.20. The Morgan fingerprint density at radius 3 is 2.79 bits per heavy atom. The van der Waals surface area contributed by atoms with Gasteiger partial charge in [-0.2, -0.15) is 0 Å². The largest absolute Gasteiger partial charge is 0.491 e. The molecule has 106 valence electrons. The van der Waals surface area contributed by atoms with Crippen molar-refractivity contribution in [1.29, 1.82) is 0 Å². The molecule has 2 N–H and O–H groups in total. The average molecular weight is 265 g/mol. The third kappa shape index (κ3) is 4.82. The smallest absolute Gasteiger partial charge is 0.119 e. The first kappa shape index (κ1) is 14.3. The summed E-state index contributed by atoms with van der Waals surface area (Å²) in [5, 5.41) is 19.5. The summed E-state index contributed by atoms with van der Waals surface area (Å²) < 4.78 is 5.55. The van der Waals surface area contributed by atoms with E-state index in [1.54, 1.807) is 0 Å². The fourth-order valence-corrected chi connectivity index (χ4v) is 2.37. The molecule has 0 aromatic heterocycles. The van der Waals surface area contributed by atoms with E-state index < -0.39 is 6.10 Å². The highest BCUT2D eigenvalue weighted by Crippen LogP contribution is 2.13. The monoisotopic (exact) mass is 265 g/mol. The second-order valence-electron chi connectivity index (χ2n) is 5.33. The van der Waals surface area contributed by atoms with Gasteiger partial charge in [0, 0.05) is 13.1 Å². The first-order chi connectivity index (χ1) is 9.13. The van der Waals surface area contributed by atoms with Crippen molar-refractivity contribution in [3.05, 3.63) is 29.8 Å². The number of piperidine rings is 1. The Labute approximate surface area is 114 Å². The average Bonchev–Trinajstić information content (AvgIpc) is 2.38. The highest BCUT2D eigenvalue weighted by atomic mass is 16.5. The van der Waals surface area contributed by atoms with Gasteiger partial charge in [0.05, 0.1) is 6.10 Å². The lowest BCUT2D eigenvalue weighted by Crippen LogP contribution is -2.43. The number of likely N-dealkylation sites (tertiary alicyclic amines) is 1. The third-order valence-electron chi connectivity index (χ3n) is 3.41. The quantitative estimate of drug-likeness (QED) is 0.840. The van der Waals surface area contributed by atoms with Crippen LogP contribution in [0.15, 0.2) is 24.3 Å². The van der Waals surface area contributed by atoms with Crippen molar-refractivity contribution < 1.29 is 14.9 Å². The number of hydrogen-bond donors (Lipinski definition) is 2. The van der Waals surface area contributed by atoms with Gasteiger partial charge in [-0.3, -0.25) is 4.90 Å². The zero-order valence-electron chi connectivity index (χ0n) is 11.5. The van der Waals surface area contributed by atoms with Crippen molar-refractivity contribution in [1.82, 2.24) is 4.90 Å². The number of ether oxygens (including phenoxy) is 1. The molecule has 1 aromatic rings. The van der Waals surface area contributed by atoms with E-state index in [0.29, 0.717) is 13.1 Å². The minimum Gasteiger partial charge on any atom is -0.491 e. The van der Waals surface area contributed by atoms with Crippen LogP contribution in [0.5, 0.6) is 5.75 Å². The number of benzene rings is 1. The fourth-order valence-electron chi connectivity index (χ4n) is 2.37. The lowest BCUT2D eigenvalue weighted by Gasteiger charge is -2.31. The topological polar surface area (TPSA) is 52.9 Å². The molecule has 0 unspecified atom stereocenters. The van der Waals surface area contributed by atoms with E-state index in [2.05, 4.69) is 4.90 Å². The van der Waals surface area contributed by atoms with Gasteiger partial charge in [-0.05, 0) is 38.4 Å². The molecule has 1 fully saturated rings. The molecular weight excluding hydrogens is 242 g/mol. The molecule has 1 aliphatic heterocycles. The van der Waals surface area contributed by atoms with Crippen LogP contribution in [0.2, 0.25) is 0 Å². The van der Waals surface area contributed by atoms with Gasteiger partial charge >= 0.3 is 0 Å². The molecule has 0 saturated carbocycles. The maximum absolute atomic E-state index is 9.96. The van der Waals surface area contributed by atoms with Crippen molar-refractivity contribution in [3.8, 4) is 5.75 Å². The summed E-state index contributed by atoms with van der Waals surface area (Å²) in [7, 11) is 0. The second-order valence-corrected chi connectivity index (χ2v) is 5.33. The maximum Gasteiger partial charge on any atom is 0.119 e. The number of aliphatic hydroxyl groups is 2. The van der Waals surface area contributed by atoms with Crippen LogP contribution in [0, 0.1) is 6.92 Å². The zero-order chi connectivity index (χ0) is 13.7. The molecule has 1 aromatic carbocycles. The normalized spacial score (nSPS) is 22.2. The van der Waals surface area contributed by atoms with Crippen LogP contribution in [0.1, 0.15) is 18.4 Å². The Bertz CT molecular complexity index is 379. The van der Waals surface area contributed by atoms with Gasteiger partial charge in [0.1, 0.15) is 18.5 Å². The highest BCUT2D eigenvalue weighted by molar-refractivity contribution is 5.26. The molecule has 0 spiro atoms. The zero-order valence-corrected chi connectivity index (χ0v) is 11.5. The maximum atomic E-state index is 9.96. The summed E-state index contributed by atoms with van der Waals surface area (Å²) in [6.45, 7) is 4.47. The molecule has 4 nitrogen and oxygen atoms in total. The Morgan fingerprint density at radius 2 is 2.11 bits per heavy atom. The lowest BCUT2D eigenvalue weighted by atomic mass is 10.1. The number of rotatable bonds is 5. The summed E-state index contributed by atoms with van der Waals surface area (Å²) in [6, 6.07) is 7.80. The Hall–Kier alpha value is -1.10. The van der Waals surface area contributed by atoms with Gasteiger partial charge in [-0.1, -0.05) is 17.7 Å².